The van der Waals surface area contributed by atoms with Crippen molar-refractivity contribution >= 4 is 28.5 Å². The number of halogens is 1. The number of ether oxygens (including phenoxy) is 1. The predicted molar refractivity (Wildman–Crippen MR) is 98.0 cm³/mol. The van der Waals surface area contributed by atoms with Crippen LogP contribution in [0.3, 0.4) is 0 Å². The number of rotatable bonds is 4. The van der Waals surface area contributed by atoms with E-state index in [4.69, 9.17) is 16.3 Å². The van der Waals surface area contributed by atoms with Crippen LogP contribution in [0.1, 0.15) is 37.4 Å². The van der Waals surface area contributed by atoms with Gasteiger partial charge in [0.2, 0.25) is 0 Å². The topological polar surface area (TPSA) is 47.4 Å². The monoisotopic (exact) mass is 361 g/mol. The molecule has 2 unspecified atom stereocenters. The summed E-state index contributed by atoms with van der Waals surface area (Å²) in [5, 5.41) is 1.83. The number of likely N-dealkylation sites (tertiary alicyclic amines) is 1. The van der Waals surface area contributed by atoms with Gasteiger partial charge in [-0.15, -0.1) is 0 Å². The van der Waals surface area contributed by atoms with Gasteiger partial charge >= 0.3 is 0 Å². The third-order valence-electron chi connectivity index (χ3n) is 5.50. The number of fused-ring (bicyclic) bond motifs is 3. The van der Waals surface area contributed by atoms with E-state index in [9.17, 15) is 4.79 Å². The van der Waals surface area contributed by atoms with Crippen molar-refractivity contribution < 1.29 is 9.53 Å². The smallest absolute Gasteiger partial charge is 0.252 e. The molecule has 4 rings (SSSR count). The van der Waals surface area contributed by atoms with Gasteiger partial charge in [0.05, 0.1) is 5.02 Å². The molecule has 2 atom stereocenters. The number of carbonyl (C=O) groups excluding carboxylic acids is 1. The van der Waals surface area contributed by atoms with Gasteiger partial charge in [-0.05, 0) is 31.4 Å². The van der Waals surface area contributed by atoms with Crippen LogP contribution in [0.4, 0.5) is 0 Å². The number of aryl methyl sites for hydroxylation is 2. The Morgan fingerprint density at radius 1 is 1.36 bits per heavy atom. The van der Waals surface area contributed by atoms with Crippen LogP contribution in [0.2, 0.25) is 5.02 Å². The zero-order valence-electron chi connectivity index (χ0n) is 14.8. The highest BCUT2D eigenvalue weighted by Crippen LogP contribution is 2.32. The standard InChI is InChI=1S/C19H24ClN3O2/c1-3-8-25-17-5-7-23(19(17)24)13-4-6-22-14(9-13)10-15-12(2)16(20)11-21-18(15)22/h10-11,13,17H,3-9H2,1-2H3. The molecule has 0 radical (unpaired) electrons. The Balaban J connectivity index is 1.55. The molecule has 1 fully saturated rings. The van der Waals surface area contributed by atoms with Gasteiger partial charge in [0.25, 0.3) is 5.91 Å². The van der Waals surface area contributed by atoms with Crippen LogP contribution in [0.5, 0.6) is 0 Å². The first-order valence-corrected chi connectivity index (χ1v) is 9.53. The SMILES string of the molecule is CCCOC1CCN(C2CCn3c(cc4c(C)c(Cl)cnc43)C2)C1=O. The van der Waals surface area contributed by atoms with E-state index in [-0.39, 0.29) is 18.1 Å². The fourth-order valence-electron chi connectivity index (χ4n) is 4.11. The van der Waals surface area contributed by atoms with Gasteiger partial charge in [-0.1, -0.05) is 18.5 Å². The first kappa shape index (κ1) is 16.9. The average molecular weight is 362 g/mol. The summed E-state index contributed by atoms with van der Waals surface area (Å²) in [6, 6.07) is 2.46. The molecule has 25 heavy (non-hydrogen) atoms. The van der Waals surface area contributed by atoms with E-state index in [0.29, 0.717) is 11.6 Å². The quantitative estimate of drug-likeness (QED) is 0.839. The first-order chi connectivity index (χ1) is 12.1. The molecule has 0 bridgehead atoms. The number of nitrogens with zero attached hydrogens (tertiary/aromatic N) is 3. The Morgan fingerprint density at radius 2 is 2.20 bits per heavy atom. The van der Waals surface area contributed by atoms with Gasteiger partial charge in [0.1, 0.15) is 11.8 Å². The van der Waals surface area contributed by atoms with E-state index < -0.39 is 0 Å². The Hall–Kier alpha value is -1.59. The Bertz CT molecular complexity index is 817. The van der Waals surface area contributed by atoms with Crippen LogP contribution >= 0.6 is 11.6 Å². The van der Waals surface area contributed by atoms with Crippen LogP contribution in [-0.2, 0) is 22.5 Å². The summed E-state index contributed by atoms with van der Waals surface area (Å²) in [7, 11) is 0. The van der Waals surface area contributed by atoms with Crippen molar-refractivity contribution in [1.29, 1.82) is 0 Å². The lowest BCUT2D eigenvalue weighted by atomic mass is 10.0. The lowest BCUT2D eigenvalue weighted by Crippen LogP contribution is -2.43. The molecule has 4 heterocycles. The molecule has 2 aromatic heterocycles. The summed E-state index contributed by atoms with van der Waals surface area (Å²) in [5.41, 5.74) is 3.33. The van der Waals surface area contributed by atoms with E-state index in [1.54, 1.807) is 6.20 Å². The maximum absolute atomic E-state index is 12.7. The Labute approximate surface area is 152 Å². The third kappa shape index (κ3) is 2.83. The highest BCUT2D eigenvalue weighted by Gasteiger charge is 2.38. The lowest BCUT2D eigenvalue weighted by Gasteiger charge is -2.32. The van der Waals surface area contributed by atoms with Crippen molar-refractivity contribution in [2.45, 2.75) is 58.2 Å². The first-order valence-electron chi connectivity index (χ1n) is 9.15. The average Bonchev–Trinajstić information content (AvgIpc) is 3.16. The van der Waals surface area contributed by atoms with Crippen molar-refractivity contribution in [3.63, 3.8) is 0 Å². The maximum atomic E-state index is 12.7. The van der Waals surface area contributed by atoms with Crippen LogP contribution in [0, 0.1) is 6.92 Å². The predicted octanol–water partition coefficient (Wildman–Crippen LogP) is 3.34. The highest BCUT2D eigenvalue weighted by molar-refractivity contribution is 6.32. The molecule has 1 amide bonds. The molecule has 134 valence electrons. The minimum atomic E-state index is -0.240. The number of aromatic nitrogens is 2. The van der Waals surface area contributed by atoms with Gasteiger partial charge in [-0.25, -0.2) is 4.98 Å². The van der Waals surface area contributed by atoms with Gasteiger partial charge in [0.15, 0.2) is 0 Å². The lowest BCUT2D eigenvalue weighted by molar-refractivity contribution is -0.139. The van der Waals surface area contributed by atoms with Crippen molar-refractivity contribution in [2.75, 3.05) is 13.2 Å². The number of pyridine rings is 1. The normalized spacial score (nSPS) is 23.5. The minimum absolute atomic E-state index is 0.167. The molecule has 0 spiro atoms. The van der Waals surface area contributed by atoms with Crippen LogP contribution < -0.4 is 0 Å². The summed E-state index contributed by atoms with van der Waals surface area (Å²) in [4.78, 5) is 19.2. The van der Waals surface area contributed by atoms with Crippen molar-refractivity contribution in [2.24, 2.45) is 0 Å². The number of hydrogen-bond acceptors (Lipinski definition) is 3. The zero-order valence-corrected chi connectivity index (χ0v) is 15.6. The van der Waals surface area contributed by atoms with Gasteiger partial charge in [-0.3, -0.25) is 4.79 Å². The molecular formula is C19H24ClN3O2. The summed E-state index contributed by atoms with van der Waals surface area (Å²) in [6.07, 6.45) is 5.09. The second-order valence-corrected chi connectivity index (χ2v) is 7.49. The zero-order chi connectivity index (χ0) is 17.6. The summed E-state index contributed by atoms with van der Waals surface area (Å²) in [5.74, 6) is 0.167. The minimum Gasteiger partial charge on any atom is -0.368 e. The second-order valence-electron chi connectivity index (χ2n) is 7.08. The van der Waals surface area contributed by atoms with Gasteiger partial charge < -0.3 is 14.2 Å². The van der Waals surface area contributed by atoms with E-state index in [1.165, 1.54) is 5.69 Å². The third-order valence-corrected chi connectivity index (χ3v) is 5.88. The van der Waals surface area contributed by atoms with Gasteiger partial charge in [0, 0.05) is 55.9 Å². The molecule has 5 nitrogen and oxygen atoms in total. The second kappa shape index (κ2) is 6.61. The number of amides is 1. The van der Waals surface area contributed by atoms with Crippen molar-refractivity contribution in [3.8, 4) is 0 Å². The summed E-state index contributed by atoms with van der Waals surface area (Å²) >= 11 is 6.22. The van der Waals surface area contributed by atoms with Crippen LogP contribution in [0.25, 0.3) is 11.0 Å². The Kier molecular flexibility index (Phi) is 4.46. The molecular weight excluding hydrogens is 338 g/mol. The molecule has 2 aromatic rings. The van der Waals surface area contributed by atoms with E-state index >= 15 is 0 Å². The van der Waals surface area contributed by atoms with E-state index in [0.717, 1.165) is 55.4 Å². The van der Waals surface area contributed by atoms with Gasteiger partial charge in [-0.2, -0.15) is 0 Å². The van der Waals surface area contributed by atoms with Crippen molar-refractivity contribution in [1.82, 2.24) is 14.5 Å². The molecule has 2 aliphatic heterocycles. The summed E-state index contributed by atoms with van der Waals surface area (Å²) in [6.45, 7) is 6.47. The van der Waals surface area contributed by atoms with E-state index in [1.807, 2.05) is 11.8 Å². The molecule has 0 N–H and O–H groups in total. The number of carbonyl (C=O) groups is 1. The van der Waals surface area contributed by atoms with Crippen LogP contribution in [-0.4, -0.2) is 45.7 Å². The fourth-order valence-corrected chi connectivity index (χ4v) is 4.26. The molecule has 1 saturated heterocycles. The highest BCUT2D eigenvalue weighted by atomic mass is 35.5. The maximum Gasteiger partial charge on any atom is 0.252 e. The fraction of sp³-hybridized carbons (Fsp3) is 0.579. The van der Waals surface area contributed by atoms with Crippen molar-refractivity contribution in [3.05, 3.63) is 28.5 Å². The van der Waals surface area contributed by atoms with E-state index in [2.05, 4.69) is 22.5 Å². The Morgan fingerprint density at radius 3 is 3.00 bits per heavy atom. The number of hydrogen-bond donors (Lipinski definition) is 0. The van der Waals surface area contributed by atoms with Crippen LogP contribution in [0.15, 0.2) is 12.3 Å². The molecule has 0 saturated carbocycles. The molecule has 6 heteroatoms. The largest absolute Gasteiger partial charge is 0.368 e. The molecule has 2 aliphatic rings. The molecule has 0 aliphatic carbocycles. The summed E-state index contributed by atoms with van der Waals surface area (Å²) < 4.78 is 7.99. The molecule has 0 aromatic carbocycles.